The van der Waals surface area contributed by atoms with Gasteiger partial charge in [0.1, 0.15) is 0 Å². The average Bonchev–Trinajstić information content (AvgIpc) is 3.28. The Balaban J connectivity index is 1.51. The van der Waals surface area contributed by atoms with Crippen LogP contribution in [0.1, 0.15) is 17.3 Å². The lowest BCUT2D eigenvalue weighted by atomic mass is 10.2. The van der Waals surface area contributed by atoms with Gasteiger partial charge in [0.05, 0.1) is 6.04 Å². The fraction of sp³-hybridized carbons (Fsp3) is 0.368. The van der Waals surface area contributed by atoms with E-state index in [1.165, 1.54) is 0 Å². The molecule has 0 aliphatic carbocycles. The van der Waals surface area contributed by atoms with Gasteiger partial charge in [0.15, 0.2) is 11.5 Å². The molecule has 1 aliphatic heterocycles. The van der Waals surface area contributed by atoms with Crippen LogP contribution in [0.4, 0.5) is 0 Å². The minimum absolute atomic E-state index is 0.0318. The van der Waals surface area contributed by atoms with E-state index in [1.54, 1.807) is 12.1 Å². The van der Waals surface area contributed by atoms with E-state index in [2.05, 4.69) is 10.6 Å². The van der Waals surface area contributed by atoms with Gasteiger partial charge in [-0.3, -0.25) is 14.5 Å². The maximum atomic E-state index is 12.1. The fourth-order valence-electron chi connectivity index (χ4n) is 2.96. The van der Waals surface area contributed by atoms with Gasteiger partial charge in [-0.25, -0.2) is 0 Å². The average molecular weight is 372 g/mol. The second kappa shape index (κ2) is 8.13. The van der Waals surface area contributed by atoms with Crippen molar-refractivity contribution in [3.63, 3.8) is 0 Å². The van der Waals surface area contributed by atoms with Gasteiger partial charge >= 0.3 is 11.8 Å². The molecule has 27 heavy (non-hydrogen) atoms. The molecule has 2 heterocycles. The number of rotatable bonds is 6. The van der Waals surface area contributed by atoms with E-state index in [0.29, 0.717) is 18.0 Å². The highest BCUT2D eigenvalue weighted by atomic mass is 16.7. The number of fused-ring (bicyclic) bond motifs is 1. The Morgan fingerprint density at radius 2 is 1.89 bits per heavy atom. The van der Waals surface area contributed by atoms with Crippen molar-refractivity contribution in [2.75, 3.05) is 27.4 Å². The SMILES string of the molecule is CN(C)C(CNC(=O)C(=O)NCc1ccc2c(c1)OCO2)c1cccn1C. The van der Waals surface area contributed by atoms with E-state index in [0.717, 1.165) is 11.3 Å². The second-order valence-corrected chi connectivity index (χ2v) is 6.60. The molecule has 144 valence electrons. The lowest BCUT2D eigenvalue weighted by Gasteiger charge is -2.25. The number of ether oxygens (including phenoxy) is 2. The van der Waals surface area contributed by atoms with Gasteiger partial charge in [-0.15, -0.1) is 0 Å². The van der Waals surface area contributed by atoms with Crippen LogP contribution in [-0.2, 0) is 23.2 Å². The van der Waals surface area contributed by atoms with Crippen molar-refractivity contribution in [3.8, 4) is 11.5 Å². The lowest BCUT2D eigenvalue weighted by molar-refractivity contribution is -0.139. The molecule has 1 atom stereocenters. The van der Waals surface area contributed by atoms with Gasteiger partial charge in [0.2, 0.25) is 6.79 Å². The van der Waals surface area contributed by atoms with Crippen LogP contribution in [0.25, 0.3) is 0 Å². The Morgan fingerprint density at radius 1 is 1.15 bits per heavy atom. The molecule has 2 amide bonds. The molecule has 8 nitrogen and oxygen atoms in total. The molecule has 0 spiro atoms. The van der Waals surface area contributed by atoms with Crippen LogP contribution in [0.5, 0.6) is 11.5 Å². The number of hydrogen-bond acceptors (Lipinski definition) is 5. The van der Waals surface area contributed by atoms with Crippen LogP contribution >= 0.6 is 0 Å². The molecule has 3 rings (SSSR count). The van der Waals surface area contributed by atoms with Gasteiger partial charge in [-0.1, -0.05) is 6.07 Å². The molecule has 1 unspecified atom stereocenters. The zero-order valence-electron chi connectivity index (χ0n) is 15.7. The highest BCUT2D eigenvalue weighted by molar-refractivity contribution is 6.35. The highest BCUT2D eigenvalue weighted by Gasteiger charge is 2.20. The standard InChI is InChI=1S/C19H24N4O4/c1-22(2)15(14-5-4-8-23(14)3)11-21-19(25)18(24)20-10-13-6-7-16-17(9-13)27-12-26-16/h4-9,15H,10-12H2,1-3H3,(H,20,24)(H,21,25). The molecular weight excluding hydrogens is 348 g/mol. The molecule has 2 aromatic rings. The molecule has 2 N–H and O–H groups in total. The van der Waals surface area contributed by atoms with E-state index in [4.69, 9.17) is 9.47 Å². The van der Waals surface area contributed by atoms with Crippen molar-refractivity contribution < 1.29 is 19.1 Å². The fourth-order valence-corrected chi connectivity index (χ4v) is 2.96. The summed E-state index contributed by atoms with van der Waals surface area (Å²) in [6, 6.07) is 9.31. The van der Waals surface area contributed by atoms with Crippen molar-refractivity contribution in [1.82, 2.24) is 20.1 Å². The van der Waals surface area contributed by atoms with E-state index in [1.807, 2.05) is 55.0 Å². The first kappa shape index (κ1) is 18.8. The second-order valence-electron chi connectivity index (χ2n) is 6.60. The summed E-state index contributed by atoms with van der Waals surface area (Å²) in [5, 5.41) is 5.33. The molecule has 0 bridgehead atoms. The number of likely N-dealkylation sites (N-methyl/N-ethyl adjacent to an activating group) is 1. The van der Waals surface area contributed by atoms with Crippen LogP contribution in [0.15, 0.2) is 36.5 Å². The van der Waals surface area contributed by atoms with Crippen molar-refractivity contribution in [2.45, 2.75) is 12.6 Å². The zero-order chi connectivity index (χ0) is 19.4. The summed E-state index contributed by atoms with van der Waals surface area (Å²) < 4.78 is 12.6. The van der Waals surface area contributed by atoms with E-state index >= 15 is 0 Å². The van der Waals surface area contributed by atoms with Crippen molar-refractivity contribution >= 4 is 11.8 Å². The third-order valence-corrected chi connectivity index (χ3v) is 4.50. The monoisotopic (exact) mass is 372 g/mol. The van der Waals surface area contributed by atoms with E-state index in [9.17, 15) is 9.59 Å². The molecule has 1 aromatic carbocycles. The number of carbonyl (C=O) groups is 2. The molecule has 0 fully saturated rings. The molecule has 1 aromatic heterocycles. The Bertz CT molecular complexity index is 831. The van der Waals surface area contributed by atoms with Gasteiger partial charge in [-0.05, 0) is 43.9 Å². The minimum Gasteiger partial charge on any atom is -0.454 e. The molecule has 1 aliphatic rings. The summed E-state index contributed by atoms with van der Waals surface area (Å²) in [5.41, 5.74) is 1.89. The molecule has 0 saturated heterocycles. The van der Waals surface area contributed by atoms with Crippen molar-refractivity contribution in [1.29, 1.82) is 0 Å². The van der Waals surface area contributed by atoms with E-state index < -0.39 is 11.8 Å². The number of nitrogens with zero attached hydrogens (tertiary/aromatic N) is 2. The first-order valence-corrected chi connectivity index (χ1v) is 8.68. The summed E-state index contributed by atoms with van der Waals surface area (Å²) in [6.45, 7) is 0.765. The number of hydrogen-bond donors (Lipinski definition) is 2. The largest absolute Gasteiger partial charge is 0.454 e. The summed E-state index contributed by atoms with van der Waals surface area (Å²) in [6.07, 6.45) is 1.95. The number of amides is 2. The van der Waals surface area contributed by atoms with Crippen LogP contribution < -0.4 is 20.1 Å². The minimum atomic E-state index is -0.669. The van der Waals surface area contributed by atoms with Gasteiger partial charge in [0.25, 0.3) is 0 Å². The predicted octanol–water partition coefficient (Wildman–Crippen LogP) is 0.789. The predicted molar refractivity (Wildman–Crippen MR) is 99.3 cm³/mol. The number of aromatic nitrogens is 1. The molecule has 0 radical (unpaired) electrons. The Labute approximate surface area is 158 Å². The van der Waals surface area contributed by atoms with Crippen molar-refractivity contribution in [2.24, 2.45) is 7.05 Å². The van der Waals surface area contributed by atoms with Crippen LogP contribution in [-0.4, -0.2) is 48.7 Å². The number of nitrogens with one attached hydrogen (secondary N) is 2. The summed E-state index contributed by atoms with van der Waals surface area (Å²) in [7, 11) is 5.82. The van der Waals surface area contributed by atoms with Gasteiger partial charge in [-0.2, -0.15) is 0 Å². The van der Waals surface area contributed by atoms with Crippen molar-refractivity contribution in [3.05, 3.63) is 47.8 Å². The van der Waals surface area contributed by atoms with E-state index in [-0.39, 0.29) is 19.4 Å². The Hall–Kier alpha value is -3.00. The summed E-state index contributed by atoms with van der Waals surface area (Å²) in [4.78, 5) is 26.2. The topological polar surface area (TPSA) is 84.8 Å². The van der Waals surface area contributed by atoms with Crippen LogP contribution in [0.2, 0.25) is 0 Å². The van der Waals surface area contributed by atoms with Gasteiger partial charge in [0, 0.05) is 32.0 Å². The molecular formula is C19H24N4O4. The highest BCUT2D eigenvalue weighted by Crippen LogP contribution is 2.32. The van der Waals surface area contributed by atoms with Gasteiger partial charge < -0.3 is 24.7 Å². The number of aryl methyl sites for hydroxylation is 1. The maximum Gasteiger partial charge on any atom is 0.309 e. The Morgan fingerprint density at radius 3 is 2.59 bits per heavy atom. The first-order valence-electron chi connectivity index (χ1n) is 8.68. The number of benzene rings is 1. The van der Waals surface area contributed by atoms with Crippen LogP contribution in [0, 0.1) is 0 Å². The third kappa shape index (κ3) is 4.40. The maximum absolute atomic E-state index is 12.1. The first-order chi connectivity index (χ1) is 13.0. The molecule has 0 saturated carbocycles. The quantitative estimate of drug-likeness (QED) is 0.733. The molecule has 8 heteroatoms. The summed E-state index contributed by atoms with van der Waals surface area (Å²) >= 11 is 0. The Kier molecular flexibility index (Phi) is 5.66. The number of carbonyl (C=O) groups excluding carboxylic acids is 2. The summed E-state index contributed by atoms with van der Waals surface area (Å²) in [5.74, 6) is -0.00493. The smallest absolute Gasteiger partial charge is 0.309 e. The normalized spacial score (nSPS) is 13.5. The third-order valence-electron chi connectivity index (χ3n) is 4.50. The van der Waals surface area contributed by atoms with Crippen LogP contribution in [0.3, 0.4) is 0 Å². The lowest BCUT2D eigenvalue weighted by Crippen LogP contribution is -2.43. The zero-order valence-corrected chi connectivity index (χ0v) is 15.7.